The molecular weight excluding hydrogens is 230 g/mol. The molecule has 0 amide bonds. The van der Waals surface area contributed by atoms with Crippen LogP contribution in [0.2, 0.25) is 0 Å². The van der Waals surface area contributed by atoms with Crippen LogP contribution in [0.3, 0.4) is 0 Å². The molecule has 1 aromatic heterocycles. The van der Waals surface area contributed by atoms with E-state index < -0.39 is 0 Å². The van der Waals surface area contributed by atoms with Crippen LogP contribution in [-0.4, -0.2) is 39.0 Å². The molecule has 1 aliphatic rings. The fourth-order valence-corrected chi connectivity index (χ4v) is 2.35. The minimum absolute atomic E-state index is 0.0996. The molecule has 0 aliphatic carbocycles. The third-order valence-corrected chi connectivity index (χ3v) is 3.47. The molecule has 0 saturated carbocycles. The smallest absolute Gasteiger partial charge is 0.225 e. The predicted molar refractivity (Wildman–Crippen MR) is 70.3 cm³/mol. The van der Waals surface area contributed by atoms with E-state index in [1.54, 1.807) is 0 Å². The predicted octanol–water partition coefficient (Wildman–Crippen LogP) is -0.405. The van der Waals surface area contributed by atoms with E-state index in [2.05, 4.69) is 33.7 Å². The lowest BCUT2D eigenvalue weighted by Crippen LogP contribution is -2.52. The van der Waals surface area contributed by atoms with Crippen molar-refractivity contribution in [1.82, 2.24) is 19.9 Å². The van der Waals surface area contributed by atoms with Crippen LogP contribution in [0.1, 0.15) is 26.1 Å². The van der Waals surface area contributed by atoms with Crippen molar-refractivity contribution in [2.75, 3.05) is 24.6 Å². The fraction of sp³-hybridized carbons (Fsp3) is 0.727. The van der Waals surface area contributed by atoms with Crippen molar-refractivity contribution >= 4 is 11.9 Å². The quantitative estimate of drug-likeness (QED) is 0.653. The highest BCUT2D eigenvalue weighted by Gasteiger charge is 2.33. The summed E-state index contributed by atoms with van der Waals surface area (Å²) in [5, 5.41) is 0. The van der Waals surface area contributed by atoms with Crippen molar-refractivity contribution in [2.45, 2.75) is 32.9 Å². The molecule has 18 heavy (non-hydrogen) atoms. The monoisotopic (exact) mass is 251 g/mol. The molecule has 100 valence electrons. The molecule has 1 fully saturated rings. The van der Waals surface area contributed by atoms with Gasteiger partial charge in [0.15, 0.2) is 0 Å². The number of likely N-dealkylation sites (tertiary alicyclic amines) is 1. The zero-order valence-corrected chi connectivity index (χ0v) is 10.9. The Morgan fingerprint density at radius 1 is 1.22 bits per heavy atom. The van der Waals surface area contributed by atoms with E-state index in [1.165, 1.54) is 0 Å². The van der Waals surface area contributed by atoms with Crippen molar-refractivity contribution in [3.63, 3.8) is 0 Å². The Morgan fingerprint density at radius 3 is 2.39 bits per heavy atom. The van der Waals surface area contributed by atoms with Gasteiger partial charge in [0.2, 0.25) is 11.9 Å². The molecule has 1 aromatic rings. The highest BCUT2D eigenvalue weighted by Crippen LogP contribution is 2.28. The maximum atomic E-state index is 6.11. The van der Waals surface area contributed by atoms with Crippen molar-refractivity contribution in [1.29, 1.82) is 0 Å². The zero-order chi connectivity index (χ0) is 13.3. The van der Waals surface area contributed by atoms with E-state index in [9.17, 15) is 0 Å². The number of piperidine rings is 1. The molecule has 2 rings (SSSR count). The second-order valence-corrected chi connectivity index (χ2v) is 5.56. The molecule has 1 unspecified atom stereocenters. The van der Waals surface area contributed by atoms with Crippen molar-refractivity contribution in [3.8, 4) is 0 Å². The van der Waals surface area contributed by atoms with Gasteiger partial charge in [0.1, 0.15) is 5.82 Å². The summed E-state index contributed by atoms with van der Waals surface area (Å²) >= 11 is 0. The van der Waals surface area contributed by atoms with Crippen LogP contribution in [0.15, 0.2) is 0 Å². The number of anilines is 2. The van der Waals surface area contributed by atoms with Gasteiger partial charge < -0.3 is 17.2 Å². The van der Waals surface area contributed by atoms with Gasteiger partial charge in [-0.15, -0.1) is 0 Å². The Kier molecular flexibility index (Phi) is 3.36. The van der Waals surface area contributed by atoms with Gasteiger partial charge in [-0.3, -0.25) is 4.90 Å². The van der Waals surface area contributed by atoms with E-state index in [0.717, 1.165) is 19.5 Å². The third kappa shape index (κ3) is 2.85. The normalized spacial score (nSPS) is 24.1. The molecule has 0 spiro atoms. The summed E-state index contributed by atoms with van der Waals surface area (Å²) in [6.45, 7) is 6.85. The summed E-state index contributed by atoms with van der Waals surface area (Å²) in [6.07, 6.45) is 0.975. The van der Waals surface area contributed by atoms with Crippen LogP contribution < -0.4 is 17.2 Å². The second kappa shape index (κ2) is 4.66. The van der Waals surface area contributed by atoms with Crippen molar-refractivity contribution in [3.05, 3.63) is 5.82 Å². The maximum absolute atomic E-state index is 6.11. The summed E-state index contributed by atoms with van der Waals surface area (Å²) in [6, 6.07) is 0.238. The van der Waals surface area contributed by atoms with Gasteiger partial charge in [0, 0.05) is 19.1 Å². The minimum Gasteiger partial charge on any atom is -0.368 e. The Morgan fingerprint density at radius 2 is 1.83 bits per heavy atom. The number of aromatic nitrogens is 3. The van der Waals surface area contributed by atoms with Crippen LogP contribution in [0.4, 0.5) is 11.9 Å². The van der Waals surface area contributed by atoms with E-state index in [1.807, 2.05) is 0 Å². The molecule has 1 atom stereocenters. The number of nitrogen functional groups attached to an aromatic ring is 2. The topological polar surface area (TPSA) is 120 Å². The van der Waals surface area contributed by atoms with Crippen molar-refractivity contribution in [2.24, 2.45) is 11.1 Å². The second-order valence-electron chi connectivity index (χ2n) is 5.56. The van der Waals surface area contributed by atoms with Crippen LogP contribution in [0.25, 0.3) is 0 Å². The standard InChI is InChI=1S/C11H21N7/c1-11(2)6-18(4-3-7(11)12)5-8-15-9(13)17-10(14)16-8/h7H,3-6,12H2,1-2H3,(H4,13,14,15,16,17). The number of hydrogen-bond acceptors (Lipinski definition) is 7. The summed E-state index contributed by atoms with van der Waals surface area (Å²) in [7, 11) is 0. The molecule has 7 nitrogen and oxygen atoms in total. The molecule has 7 heteroatoms. The molecule has 1 aliphatic heterocycles. The SMILES string of the molecule is CC1(C)CN(Cc2nc(N)nc(N)n2)CCC1N. The average Bonchev–Trinajstić information content (AvgIpc) is 2.21. The van der Waals surface area contributed by atoms with Gasteiger partial charge in [-0.2, -0.15) is 15.0 Å². The highest BCUT2D eigenvalue weighted by molar-refractivity contribution is 5.25. The molecule has 2 heterocycles. The van der Waals surface area contributed by atoms with Crippen molar-refractivity contribution < 1.29 is 0 Å². The number of nitrogens with zero attached hydrogens (tertiary/aromatic N) is 4. The number of hydrogen-bond donors (Lipinski definition) is 3. The lowest BCUT2D eigenvalue weighted by molar-refractivity contribution is 0.0879. The third-order valence-electron chi connectivity index (χ3n) is 3.47. The Labute approximate surface area is 107 Å². The molecular formula is C11H21N7. The Hall–Kier alpha value is -1.47. The maximum Gasteiger partial charge on any atom is 0.225 e. The number of rotatable bonds is 2. The van der Waals surface area contributed by atoms with E-state index >= 15 is 0 Å². The summed E-state index contributed by atoms with van der Waals surface area (Å²) in [4.78, 5) is 14.2. The first kappa shape index (κ1) is 13.0. The molecule has 0 radical (unpaired) electrons. The Bertz CT molecular complexity index is 411. The lowest BCUT2D eigenvalue weighted by Gasteiger charge is -2.42. The number of nitrogens with two attached hydrogens (primary N) is 3. The first-order valence-corrected chi connectivity index (χ1v) is 6.11. The largest absolute Gasteiger partial charge is 0.368 e. The van der Waals surface area contributed by atoms with Gasteiger partial charge in [-0.25, -0.2) is 0 Å². The van der Waals surface area contributed by atoms with Gasteiger partial charge in [0.25, 0.3) is 0 Å². The molecule has 0 aromatic carbocycles. The van der Waals surface area contributed by atoms with Crippen LogP contribution in [0.5, 0.6) is 0 Å². The molecule has 6 N–H and O–H groups in total. The molecule has 1 saturated heterocycles. The summed E-state index contributed by atoms with van der Waals surface area (Å²) in [5.41, 5.74) is 17.3. The minimum atomic E-state index is 0.0996. The lowest BCUT2D eigenvalue weighted by atomic mass is 9.80. The van der Waals surface area contributed by atoms with Crippen LogP contribution in [-0.2, 0) is 6.54 Å². The van der Waals surface area contributed by atoms with Gasteiger partial charge >= 0.3 is 0 Å². The summed E-state index contributed by atoms with van der Waals surface area (Å²) < 4.78 is 0. The molecule has 0 bridgehead atoms. The van der Waals surface area contributed by atoms with Gasteiger partial charge in [-0.05, 0) is 11.8 Å². The van der Waals surface area contributed by atoms with E-state index in [4.69, 9.17) is 17.2 Å². The summed E-state index contributed by atoms with van der Waals surface area (Å²) in [5.74, 6) is 0.960. The Balaban J connectivity index is 2.06. The van der Waals surface area contributed by atoms with E-state index in [-0.39, 0.29) is 23.4 Å². The van der Waals surface area contributed by atoms with E-state index in [0.29, 0.717) is 12.4 Å². The highest BCUT2D eigenvalue weighted by atomic mass is 15.2. The van der Waals surface area contributed by atoms with Crippen LogP contribution >= 0.6 is 0 Å². The van der Waals surface area contributed by atoms with Crippen LogP contribution in [0, 0.1) is 5.41 Å². The van der Waals surface area contributed by atoms with Gasteiger partial charge in [-0.1, -0.05) is 13.8 Å². The first-order chi connectivity index (χ1) is 8.37. The zero-order valence-electron chi connectivity index (χ0n) is 10.9. The first-order valence-electron chi connectivity index (χ1n) is 6.11. The van der Waals surface area contributed by atoms with Gasteiger partial charge in [0.05, 0.1) is 6.54 Å². The fourth-order valence-electron chi connectivity index (χ4n) is 2.35. The average molecular weight is 251 g/mol.